The van der Waals surface area contributed by atoms with Crippen molar-refractivity contribution in [3.63, 3.8) is 0 Å². The first-order valence-electron chi connectivity index (χ1n) is 6.14. The first-order chi connectivity index (χ1) is 9.11. The molecule has 0 aliphatic heterocycles. The topological polar surface area (TPSA) is 70.2 Å². The Bertz CT molecular complexity index is 420. The fraction of sp³-hybridized carbons (Fsp3) is 0.385. The molecule has 0 fully saturated rings. The number of amides is 2. The van der Waals surface area contributed by atoms with Crippen molar-refractivity contribution < 1.29 is 9.59 Å². The van der Waals surface area contributed by atoms with Crippen LogP contribution in [0, 0.1) is 0 Å². The molecule has 19 heavy (non-hydrogen) atoms. The van der Waals surface area contributed by atoms with Crippen LogP contribution in [0.3, 0.4) is 0 Å². The highest BCUT2D eigenvalue weighted by atomic mass is 79.9. The van der Waals surface area contributed by atoms with Gasteiger partial charge in [0.1, 0.15) is 0 Å². The molecular formula is C13H18BrN3O2. The molecule has 2 amide bonds. The van der Waals surface area contributed by atoms with Crippen molar-refractivity contribution in [3.8, 4) is 0 Å². The van der Waals surface area contributed by atoms with Crippen molar-refractivity contribution in [2.45, 2.75) is 13.3 Å². The Labute approximate surface area is 121 Å². The van der Waals surface area contributed by atoms with Crippen molar-refractivity contribution in [2.75, 3.05) is 25.0 Å². The predicted molar refractivity (Wildman–Crippen MR) is 78.9 cm³/mol. The van der Waals surface area contributed by atoms with Gasteiger partial charge in [0, 0.05) is 16.7 Å². The lowest BCUT2D eigenvalue weighted by atomic mass is 10.3. The summed E-state index contributed by atoms with van der Waals surface area (Å²) in [7, 11) is 0. The summed E-state index contributed by atoms with van der Waals surface area (Å²) in [6, 6.07) is 7.51. The molecule has 0 aromatic heterocycles. The molecule has 1 rings (SSSR count). The Morgan fingerprint density at radius 2 is 1.68 bits per heavy atom. The van der Waals surface area contributed by atoms with Crippen molar-refractivity contribution in [1.29, 1.82) is 0 Å². The van der Waals surface area contributed by atoms with Gasteiger partial charge in [-0.05, 0) is 30.7 Å². The number of nitrogens with one attached hydrogen (secondary N) is 3. The SMILES string of the molecule is CCCNC(=O)CNC(=O)CNc1ccc(Br)cc1. The third-order valence-electron chi connectivity index (χ3n) is 2.32. The molecule has 0 unspecified atom stereocenters. The minimum absolute atomic E-state index is 0.0147. The van der Waals surface area contributed by atoms with Crippen LogP contribution >= 0.6 is 15.9 Å². The van der Waals surface area contributed by atoms with Crippen molar-refractivity contribution in [1.82, 2.24) is 10.6 Å². The van der Waals surface area contributed by atoms with Gasteiger partial charge in [0.05, 0.1) is 13.1 Å². The molecule has 104 valence electrons. The Morgan fingerprint density at radius 3 is 2.32 bits per heavy atom. The smallest absolute Gasteiger partial charge is 0.239 e. The number of rotatable bonds is 7. The van der Waals surface area contributed by atoms with Crippen LogP contribution in [0.1, 0.15) is 13.3 Å². The van der Waals surface area contributed by atoms with E-state index in [-0.39, 0.29) is 24.9 Å². The van der Waals surface area contributed by atoms with Gasteiger partial charge in [0.25, 0.3) is 0 Å². The predicted octanol–water partition coefficient (Wildman–Crippen LogP) is 1.50. The molecule has 0 aliphatic rings. The highest BCUT2D eigenvalue weighted by Gasteiger charge is 2.04. The van der Waals surface area contributed by atoms with E-state index in [1.165, 1.54) is 0 Å². The van der Waals surface area contributed by atoms with E-state index in [1.807, 2.05) is 31.2 Å². The highest BCUT2D eigenvalue weighted by molar-refractivity contribution is 9.10. The highest BCUT2D eigenvalue weighted by Crippen LogP contribution is 2.13. The molecule has 0 atom stereocenters. The molecule has 0 radical (unpaired) electrons. The van der Waals surface area contributed by atoms with Gasteiger partial charge < -0.3 is 16.0 Å². The lowest BCUT2D eigenvalue weighted by Gasteiger charge is -2.08. The number of halogens is 1. The summed E-state index contributed by atoms with van der Waals surface area (Å²) < 4.78 is 0.982. The third-order valence-corrected chi connectivity index (χ3v) is 2.84. The Morgan fingerprint density at radius 1 is 1.05 bits per heavy atom. The van der Waals surface area contributed by atoms with Crippen LogP contribution in [0.25, 0.3) is 0 Å². The standard InChI is InChI=1S/C13H18BrN3O2/c1-2-7-15-12(18)9-17-13(19)8-16-11-5-3-10(14)4-6-11/h3-6,16H,2,7-9H2,1H3,(H,15,18)(H,17,19). The fourth-order valence-electron chi connectivity index (χ4n) is 1.32. The molecule has 0 saturated heterocycles. The van der Waals surface area contributed by atoms with Gasteiger partial charge in [0.15, 0.2) is 0 Å². The van der Waals surface area contributed by atoms with E-state index >= 15 is 0 Å². The summed E-state index contributed by atoms with van der Waals surface area (Å²) >= 11 is 3.34. The summed E-state index contributed by atoms with van der Waals surface area (Å²) in [6.07, 6.45) is 0.880. The zero-order valence-electron chi connectivity index (χ0n) is 10.8. The zero-order valence-corrected chi connectivity index (χ0v) is 12.4. The minimum Gasteiger partial charge on any atom is -0.376 e. The Balaban J connectivity index is 2.21. The van der Waals surface area contributed by atoms with Crippen LogP contribution in [0.15, 0.2) is 28.7 Å². The van der Waals surface area contributed by atoms with Gasteiger partial charge in [-0.1, -0.05) is 22.9 Å². The number of hydrogen-bond acceptors (Lipinski definition) is 3. The van der Waals surface area contributed by atoms with Gasteiger partial charge in [0.2, 0.25) is 11.8 Å². The van der Waals surface area contributed by atoms with E-state index in [9.17, 15) is 9.59 Å². The maximum absolute atomic E-state index is 11.5. The molecule has 0 bridgehead atoms. The van der Waals surface area contributed by atoms with E-state index in [2.05, 4.69) is 31.9 Å². The largest absolute Gasteiger partial charge is 0.376 e. The summed E-state index contributed by atoms with van der Waals surface area (Å²) in [5.41, 5.74) is 0.855. The lowest BCUT2D eigenvalue weighted by molar-refractivity contribution is -0.125. The second kappa shape index (κ2) is 8.53. The Hall–Kier alpha value is -1.56. The number of carbonyl (C=O) groups excluding carboxylic acids is 2. The van der Waals surface area contributed by atoms with Crippen molar-refractivity contribution >= 4 is 33.4 Å². The van der Waals surface area contributed by atoms with Crippen LogP contribution in [0.2, 0.25) is 0 Å². The van der Waals surface area contributed by atoms with Crippen molar-refractivity contribution in [2.24, 2.45) is 0 Å². The normalized spacial score (nSPS) is 9.79. The lowest BCUT2D eigenvalue weighted by Crippen LogP contribution is -2.39. The Kier molecular flexibility index (Phi) is 6.95. The van der Waals surface area contributed by atoms with E-state index < -0.39 is 0 Å². The molecular weight excluding hydrogens is 310 g/mol. The van der Waals surface area contributed by atoms with E-state index in [4.69, 9.17) is 0 Å². The van der Waals surface area contributed by atoms with Crippen LogP contribution in [0.5, 0.6) is 0 Å². The monoisotopic (exact) mass is 327 g/mol. The number of hydrogen-bond donors (Lipinski definition) is 3. The summed E-state index contributed by atoms with van der Waals surface area (Å²) in [5.74, 6) is -0.381. The first kappa shape index (κ1) is 15.5. The molecule has 0 saturated carbocycles. The quantitative estimate of drug-likeness (QED) is 0.710. The van der Waals surface area contributed by atoms with Crippen molar-refractivity contribution in [3.05, 3.63) is 28.7 Å². The van der Waals surface area contributed by atoms with Gasteiger partial charge in [-0.2, -0.15) is 0 Å². The molecule has 3 N–H and O–H groups in total. The second-order valence-corrected chi connectivity index (χ2v) is 4.90. The van der Waals surface area contributed by atoms with E-state index in [1.54, 1.807) is 0 Å². The van der Waals surface area contributed by atoms with Crippen LogP contribution < -0.4 is 16.0 Å². The van der Waals surface area contributed by atoms with Gasteiger partial charge in [-0.3, -0.25) is 9.59 Å². The first-order valence-corrected chi connectivity index (χ1v) is 6.94. The average Bonchev–Trinajstić information content (AvgIpc) is 2.42. The van der Waals surface area contributed by atoms with E-state index in [0.29, 0.717) is 6.54 Å². The maximum Gasteiger partial charge on any atom is 0.239 e. The minimum atomic E-state index is -0.213. The number of benzene rings is 1. The molecule has 1 aromatic carbocycles. The molecule has 6 heteroatoms. The van der Waals surface area contributed by atoms with Gasteiger partial charge in [-0.25, -0.2) is 0 Å². The second-order valence-electron chi connectivity index (χ2n) is 3.99. The fourth-order valence-corrected chi connectivity index (χ4v) is 1.58. The molecule has 1 aromatic rings. The third kappa shape index (κ3) is 6.81. The van der Waals surface area contributed by atoms with Crippen LogP contribution in [0.4, 0.5) is 5.69 Å². The van der Waals surface area contributed by atoms with E-state index in [0.717, 1.165) is 16.6 Å². The molecule has 0 heterocycles. The molecule has 5 nitrogen and oxygen atoms in total. The molecule has 0 spiro atoms. The summed E-state index contributed by atoms with van der Waals surface area (Å²) in [6.45, 7) is 2.76. The van der Waals surface area contributed by atoms with Gasteiger partial charge in [-0.15, -0.1) is 0 Å². The van der Waals surface area contributed by atoms with Crippen LogP contribution in [-0.4, -0.2) is 31.4 Å². The van der Waals surface area contributed by atoms with Gasteiger partial charge >= 0.3 is 0 Å². The number of anilines is 1. The zero-order chi connectivity index (χ0) is 14.1. The summed E-state index contributed by atoms with van der Waals surface area (Å²) in [4.78, 5) is 22.8. The average molecular weight is 328 g/mol. The number of carbonyl (C=O) groups is 2. The molecule has 0 aliphatic carbocycles. The van der Waals surface area contributed by atoms with Crippen LogP contribution in [-0.2, 0) is 9.59 Å². The maximum atomic E-state index is 11.5. The summed E-state index contributed by atoms with van der Waals surface area (Å²) in [5, 5.41) is 8.21.